The number of hydrogen-bond acceptors (Lipinski definition) is 1. The van der Waals surface area contributed by atoms with E-state index >= 15 is 0 Å². The van der Waals surface area contributed by atoms with Crippen LogP contribution in [0.2, 0.25) is 0 Å². The largest absolute Gasteiger partial charge is 0.455 e. The zero-order valence-electron chi connectivity index (χ0n) is 27.0. The van der Waals surface area contributed by atoms with Crippen LogP contribution in [0.25, 0.3) is 21.8 Å². The summed E-state index contributed by atoms with van der Waals surface area (Å²) < 4.78 is 12.0. The van der Waals surface area contributed by atoms with E-state index in [1.807, 2.05) is 0 Å². The van der Waals surface area contributed by atoms with Gasteiger partial charge in [0.15, 0.2) is 0 Å². The molecule has 0 N–H and O–H groups in total. The van der Waals surface area contributed by atoms with Crippen LogP contribution in [0.3, 0.4) is 0 Å². The maximum absolute atomic E-state index is 7.22. The average Bonchev–Trinajstić information content (AvgIpc) is 3.57. The van der Waals surface area contributed by atoms with Crippen molar-refractivity contribution in [2.75, 3.05) is 0 Å². The monoisotopic (exact) mass is 616 g/mol. The van der Waals surface area contributed by atoms with Crippen molar-refractivity contribution >= 4 is 49.9 Å². The Balaban J connectivity index is 1.43. The SMILES string of the molecule is CC(C)(C)c1cc(Pn2ccc3ccccc32)c2c(c1)C(C)(C)c1cc(C(C)(C)C)cc(Pn3ccc4ccccc43)c1O2. The molecule has 44 heavy (non-hydrogen) atoms. The van der Waals surface area contributed by atoms with Crippen molar-refractivity contribution in [2.24, 2.45) is 0 Å². The van der Waals surface area contributed by atoms with Crippen LogP contribution in [0.1, 0.15) is 77.6 Å². The van der Waals surface area contributed by atoms with Gasteiger partial charge in [-0.3, -0.25) is 0 Å². The summed E-state index contributed by atoms with van der Waals surface area (Å²) in [5.74, 6) is 2.05. The molecule has 0 bridgehead atoms. The summed E-state index contributed by atoms with van der Waals surface area (Å²) in [6.45, 7) is 18.7. The van der Waals surface area contributed by atoms with Crippen molar-refractivity contribution < 1.29 is 4.74 Å². The number of benzene rings is 4. The first-order valence-corrected chi connectivity index (χ1v) is 17.4. The maximum Gasteiger partial charge on any atom is 0.140 e. The molecule has 1 aliphatic heterocycles. The Morgan fingerprint density at radius 1 is 0.568 bits per heavy atom. The Hall–Kier alpha value is -3.38. The molecule has 0 radical (unpaired) electrons. The highest BCUT2D eigenvalue weighted by molar-refractivity contribution is 7.46. The first-order valence-electron chi connectivity index (χ1n) is 15.5. The van der Waals surface area contributed by atoms with Crippen LogP contribution in [0.15, 0.2) is 97.3 Å². The van der Waals surface area contributed by atoms with Crippen LogP contribution in [0.5, 0.6) is 11.5 Å². The third-order valence-electron chi connectivity index (χ3n) is 9.14. The number of hydrogen-bond donors (Lipinski definition) is 0. The van der Waals surface area contributed by atoms with Gasteiger partial charge in [-0.05, 0) is 69.1 Å². The van der Waals surface area contributed by atoms with E-state index in [0.717, 1.165) is 11.5 Å². The molecule has 224 valence electrons. The first kappa shape index (κ1) is 29.3. The maximum atomic E-state index is 7.22. The average molecular weight is 617 g/mol. The number of nitrogens with zero attached hydrogens (tertiary/aromatic N) is 2. The Morgan fingerprint density at radius 2 is 0.977 bits per heavy atom. The molecule has 0 amide bonds. The van der Waals surface area contributed by atoms with Crippen LogP contribution in [0, 0.1) is 0 Å². The molecule has 7 rings (SSSR count). The molecule has 6 aromatic rings. The lowest BCUT2D eigenvalue weighted by atomic mass is 9.72. The van der Waals surface area contributed by atoms with E-state index in [9.17, 15) is 0 Å². The molecule has 5 heteroatoms. The smallest absolute Gasteiger partial charge is 0.140 e. The number of para-hydroxylation sites is 2. The lowest BCUT2D eigenvalue weighted by Gasteiger charge is -2.39. The molecule has 0 aliphatic carbocycles. The minimum Gasteiger partial charge on any atom is -0.455 e. The van der Waals surface area contributed by atoms with Gasteiger partial charge in [0.25, 0.3) is 0 Å². The lowest BCUT2D eigenvalue weighted by Crippen LogP contribution is -2.31. The fourth-order valence-electron chi connectivity index (χ4n) is 6.31. The van der Waals surface area contributed by atoms with Gasteiger partial charge in [0.05, 0.1) is 11.0 Å². The Morgan fingerprint density at radius 3 is 1.39 bits per heavy atom. The van der Waals surface area contributed by atoms with Gasteiger partial charge in [-0.2, -0.15) is 0 Å². The highest BCUT2D eigenvalue weighted by atomic mass is 31.1. The number of ether oxygens (including phenoxy) is 1. The lowest BCUT2D eigenvalue weighted by molar-refractivity contribution is 0.421. The summed E-state index contributed by atoms with van der Waals surface area (Å²) in [4.78, 5) is 0. The van der Waals surface area contributed by atoms with E-state index in [-0.39, 0.29) is 16.2 Å². The molecule has 4 aromatic carbocycles. The highest BCUT2D eigenvalue weighted by Crippen LogP contribution is 2.51. The Labute approximate surface area is 265 Å². The minimum atomic E-state index is -0.235. The van der Waals surface area contributed by atoms with E-state index in [4.69, 9.17) is 4.74 Å². The van der Waals surface area contributed by atoms with Crippen molar-refractivity contribution in [3.63, 3.8) is 0 Å². The molecule has 3 nitrogen and oxygen atoms in total. The third kappa shape index (κ3) is 4.99. The fraction of sp³-hybridized carbons (Fsp3) is 0.282. The van der Waals surface area contributed by atoms with Crippen molar-refractivity contribution in [1.29, 1.82) is 0 Å². The second-order valence-corrected chi connectivity index (χ2v) is 17.2. The summed E-state index contributed by atoms with van der Waals surface area (Å²) in [6, 6.07) is 31.4. The summed E-state index contributed by atoms with van der Waals surface area (Å²) in [6.07, 6.45) is 4.45. The zero-order chi connectivity index (χ0) is 31.0. The van der Waals surface area contributed by atoms with Gasteiger partial charge in [-0.1, -0.05) is 104 Å². The number of fused-ring (bicyclic) bond motifs is 4. The second kappa shape index (κ2) is 10.3. The van der Waals surface area contributed by atoms with E-state index < -0.39 is 0 Å². The van der Waals surface area contributed by atoms with Crippen LogP contribution in [-0.2, 0) is 16.2 Å². The van der Waals surface area contributed by atoms with Crippen molar-refractivity contribution in [3.05, 3.63) is 120 Å². The summed E-state index contributed by atoms with van der Waals surface area (Å²) >= 11 is 0. The van der Waals surface area contributed by atoms with Gasteiger partial charge < -0.3 is 13.4 Å². The predicted molar refractivity (Wildman–Crippen MR) is 193 cm³/mol. The molecule has 2 unspecified atom stereocenters. The molecule has 1 aliphatic rings. The van der Waals surface area contributed by atoms with Gasteiger partial charge >= 0.3 is 0 Å². The molecule has 2 atom stereocenters. The van der Waals surface area contributed by atoms with Crippen LogP contribution in [0.4, 0.5) is 0 Å². The van der Waals surface area contributed by atoms with Gasteiger partial charge in [-0.15, -0.1) is 0 Å². The highest BCUT2D eigenvalue weighted by Gasteiger charge is 2.39. The fourth-order valence-corrected chi connectivity index (χ4v) is 8.79. The van der Waals surface area contributed by atoms with Gasteiger partial charge in [0.2, 0.25) is 0 Å². The summed E-state index contributed by atoms with van der Waals surface area (Å²) in [5, 5.41) is 5.05. The topological polar surface area (TPSA) is 19.1 Å². The first-order chi connectivity index (χ1) is 20.8. The van der Waals surface area contributed by atoms with Crippen molar-refractivity contribution in [1.82, 2.24) is 8.68 Å². The molecule has 3 heterocycles. The number of aromatic nitrogens is 2. The number of rotatable bonds is 4. The van der Waals surface area contributed by atoms with Crippen LogP contribution < -0.4 is 15.3 Å². The van der Waals surface area contributed by atoms with E-state index in [0.29, 0.717) is 17.5 Å². The zero-order valence-corrected chi connectivity index (χ0v) is 29.0. The molecule has 2 aromatic heterocycles. The standard InChI is InChI=1S/C39H42N2OP2/c1-37(2,3)27-21-29-35(33(23-27)43-40-19-17-25-13-9-11-15-31(25)40)42-36-30(39(29,7)8)22-28(38(4,5)6)24-34(36)44-41-20-18-26-14-10-12-16-32(26)41/h9-24,43-44H,1-8H3. The summed E-state index contributed by atoms with van der Waals surface area (Å²) in [5.41, 5.74) is 7.57. The normalized spacial score (nSPS) is 15.0. The van der Waals surface area contributed by atoms with Crippen LogP contribution in [-0.4, -0.2) is 8.68 Å². The molecule has 0 fully saturated rings. The third-order valence-corrected chi connectivity index (χ3v) is 11.6. The predicted octanol–water partition coefficient (Wildman–Crippen LogP) is 10.2. The van der Waals surface area contributed by atoms with E-state index in [1.165, 1.54) is 54.7 Å². The van der Waals surface area contributed by atoms with Gasteiger partial charge in [-0.25, -0.2) is 0 Å². The summed E-state index contributed by atoms with van der Waals surface area (Å²) in [7, 11) is 0.845. The van der Waals surface area contributed by atoms with E-state index in [2.05, 4.69) is 161 Å². The molecule has 0 saturated heterocycles. The van der Waals surface area contributed by atoms with E-state index in [1.54, 1.807) is 0 Å². The van der Waals surface area contributed by atoms with Gasteiger partial charge in [0, 0.05) is 57.0 Å². The van der Waals surface area contributed by atoms with Crippen molar-refractivity contribution in [3.8, 4) is 11.5 Å². The van der Waals surface area contributed by atoms with Crippen LogP contribution >= 0.6 is 17.5 Å². The molecular weight excluding hydrogens is 574 g/mol. The molecule has 0 spiro atoms. The van der Waals surface area contributed by atoms with Gasteiger partial charge in [0.1, 0.15) is 11.5 Å². The minimum absolute atomic E-state index is 0.0126. The second-order valence-electron chi connectivity index (χ2n) is 14.7. The van der Waals surface area contributed by atoms with Crippen molar-refractivity contribution in [2.45, 2.75) is 71.6 Å². The molecule has 0 saturated carbocycles. The Bertz CT molecular complexity index is 1900. The quantitative estimate of drug-likeness (QED) is 0.180. The molecular formula is C39H42N2OP2. The Kier molecular flexibility index (Phi) is 6.89.